The van der Waals surface area contributed by atoms with Gasteiger partial charge in [0.1, 0.15) is 0 Å². The first kappa shape index (κ1) is 12.3. The molecule has 0 heterocycles. The second-order valence-corrected chi connectivity index (χ2v) is 3.19. The molecule has 0 aromatic heterocycles. The predicted molar refractivity (Wildman–Crippen MR) is 54.0 cm³/mol. The van der Waals surface area contributed by atoms with Crippen LogP contribution in [-0.4, -0.2) is 25.7 Å². The molecule has 2 N–H and O–H groups in total. The zero-order chi connectivity index (χ0) is 9.14. The van der Waals surface area contributed by atoms with Crippen molar-refractivity contribution >= 4 is 24.3 Å². The molecule has 0 aliphatic rings. The lowest BCUT2D eigenvalue weighted by Gasteiger charge is -2.07. The summed E-state index contributed by atoms with van der Waals surface area (Å²) in [7, 11) is 1.46. The SMILES string of the molecule is COc1cc(Br)cc(CO)c1O.[B]. The average molecular weight is 244 g/mol. The zero-order valence-corrected chi connectivity index (χ0v) is 8.71. The van der Waals surface area contributed by atoms with Crippen molar-refractivity contribution in [2.45, 2.75) is 6.61 Å². The van der Waals surface area contributed by atoms with Crippen molar-refractivity contribution in [2.24, 2.45) is 0 Å². The molecule has 0 amide bonds. The third-order valence-electron chi connectivity index (χ3n) is 1.51. The van der Waals surface area contributed by atoms with Gasteiger partial charge in [-0.25, -0.2) is 0 Å². The quantitative estimate of drug-likeness (QED) is 0.770. The van der Waals surface area contributed by atoms with Crippen molar-refractivity contribution in [1.82, 2.24) is 0 Å². The van der Waals surface area contributed by atoms with Crippen molar-refractivity contribution in [3.8, 4) is 11.5 Å². The Labute approximate surface area is 87.1 Å². The summed E-state index contributed by atoms with van der Waals surface area (Å²) in [6.45, 7) is -0.207. The maximum Gasteiger partial charge on any atom is 0.163 e. The van der Waals surface area contributed by atoms with Crippen molar-refractivity contribution in [3.63, 3.8) is 0 Å². The number of phenols is 1. The summed E-state index contributed by atoms with van der Waals surface area (Å²) in [6.07, 6.45) is 0. The number of aromatic hydroxyl groups is 1. The Morgan fingerprint density at radius 1 is 1.46 bits per heavy atom. The molecule has 0 fully saturated rings. The van der Waals surface area contributed by atoms with E-state index in [9.17, 15) is 5.11 Å². The van der Waals surface area contributed by atoms with Crippen LogP contribution >= 0.6 is 15.9 Å². The van der Waals surface area contributed by atoms with Crippen molar-refractivity contribution in [3.05, 3.63) is 22.2 Å². The van der Waals surface area contributed by atoms with Crippen LogP contribution in [-0.2, 0) is 6.61 Å². The Morgan fingerprint density at radius 3 is 2.54 bits per heavy atom. The minimum absolute atomic E-state index is 0. The highest BCUT2D eigenvalue weighted by molar-refractivity contribution is 9.10. The summed E-state index contributed by atoms with van der Waals surface area (Å²) in [5, 5.41) is 18.2. The highest BCUT2D eigenvalue weighted by Gasteiger charge is 2.07. The molecule has 0 bridgehead atoms. The maximum absolute atomic E-state index is 9.41. The molecule has 0 unspecified atom stereocenters. The smallest absolute Gasteiger partial charge is 0.163 e. The fourth-order valence-electron chi connectivity index (χ4n) is 0.904. The molecule has 69 valence electrons. The molecule has 0 saturated heterocycles. The van der Waals surface area contributed by atoms with E-state index in [0.29, 0.717) is 11.3 Å². The molecular weight excluding hydrogens is 235 g/mol. The maximum atomic E-state index is 9.41. The first-order valence-corrected chi connectivity index (χ1v) is 4.14. The second kappa shape index (κ2) is 5.14. The molecule has 0 saturated carbocycles. The Morgan fingerprint density at radius 2 is 2.08 bits per heavy atom. The molecule has 1 aromatic carbocycles. The van der Waals surface area contributed by atoms with E-state index >= 15 is 0 Å². The van der Waals surface area contributed by atoms with Crippen LogP contribution in [0.15, 0.2) is 16.6 Å². The van der Waals surface area contributed by atoms with Gasteiger partial charge in [-0.3, -0.25) is 0 Å². The second-order valence-electron chi connectivity index (χ2n) is 2.27. The minimum Gasteiger partial charge on any atom is -0.504 e. The van der Waals surface area contributed by atoms with Crippen LogP contribution in [0.2, 0.25) is 0 Å². The molecule has 0 aliphatic heterocycles. The van der Waals surface area contributed by atoms with Gasteiger partial charge in [0, 0.05) is 18.4 Å². The molecule has 0 atom stereocenters. The van der Waals surface area contributed by atoms with E-state index in [4.69, 9.17) is 9.84 Å². The van der Waals surface area contributed by atoms with E-state index in [2.05, 4.69) is 15.9 Å². The number of halogens is 1. The van der Waals surface area contributed by atoms with Crippen LogP contribution < -0.4 is 4.74 Å². The van der Waals surface area contributed by atoms with Gasteiger partial charge in [-0.15, -0.1) is 0 Å². The molecule has 0 aliphatic carbocycles. The molecule has 1 rings (SSSR count). The lowest BCUT2D eigenvalue weighted by molar-refractivity contribution is 0.272. The van der Waals surface area contributed by atoms with Gasteiger partial charge in [0.15, 0.2) is 11.5 Å². The Kier molecular flexibility index (Phi) is 4.87. The third-order valence-corrected chi connectivity index (χ3v) is 1.97. The number of aliphatic hydroxyl groups is 1. The summed E-state index contributed by atoms with van der Waals surface area (Å²) in [4.78, 5) is 0. The highest BCUT2D eigenvalue weighted by atomic mass is 79.9. The zero-order valence-electron chi connectivity index (χ0n) is 7.12. The monoisotopic (exact) mass is 243 g/mol. The third kappa shape index (κ3) is 2.64. The van der Waals surface area contributed by atoms with Gasteiger partial charge in [-0.1, -0.05) is 15.9 Å². The van der Waals surface area contributed by atoms with Crippen LogP contribution in [0, 0.1) is 0 Å². The van der Waals surface area contributed by atoms with Crippen LogP contribution in [0.4, 0.5) is 0 Å². The fourth-order valence-corrected chi connectivity index (χ4v) is 1.39. The normalized spacial score (nSPS) is 9.15. The molecule has 3 nitrogen and oxygen atoms in total. The van der Waals surface area contributed by atoms with Gasteiger partial charge in [0.2, 0.25) is 0 Å². The average Bonchev–Trinajstić information content (AvgIpc) is 2.08. The largest absolute Gasteiger partial charge is 0.504 e. The number of methoxy groups -OCH3 is 1. The molecule has 1 aromatic rings. The Balaban J connectivity index is 0.00000144. The first-order valence-electron chi connectivity index (χ1n) is 3.35. The van der Waals surface area contributed by atoms with Crippen LogP contribution in [0.5, 0.6) is 11.5 Å². The van der Waals surface area contributed by atoms with Gasteiger partial charge >= 0.3 is 0 Å². The van der Waals surface area contributed by atoms with E-state index in [1.54, 1.807) is 12.1 Å². The number of rotatable bonds is 2. The van der Waals surface area contributed by atoms with Gasteiger partial charge in [-0.2, -0.15) is 0 Å². The highest BCUT2D eigenvalue weighted by Crippen LogP contribution is 2.33. The van der Waals surface area contributed by atoms with Crippen molar-refractivity contribution < 1.29 is 14.9 Å². The molecule has 13 heavy (non-hydrogen) atoms. The summed E-state index contributed by atoms with van der Waals surface area (Å²) >= 11 is 3.23. The van der Waals surface area contributed by atoms with E-state index in [0.717, 1.165) is 4.47 Å². The number of hydrogen-bond acceptors (Lipinski definition) is 3. The van der Waals surface area contributed by atoms with E-state index in [-0.39, 0.29) is 20.8 Å². The number of ether oxygens (including phenoxy) is 1. The Bertz CT molecular complexity index is 266. The fraction of sp³-hybridized carbons (Fsp3) is 0.250. The first-order chi connectivity index (χ1) is 5.69. The standard InChI is InChI=1S/C8H9BrO3.B/c1-12-7-3-6(9)2-5(4-10)8(7)11;/h2-3,10-11H,4H2,1H3;. The van der Waals surface area contributed by atoms with Gasteiger partial charge in [-0.05, 0) is 12.1 Å². The van der Waals surface area contributed by atoms with Gasteiger partial charge < -0.3 is 14.9 Å². The van der Waals surface area contributed by atoms with Gasteiger partial charge in [0.25, 0.3) is 0 Å². The van der Waals surface area contributed by atoms with Crippen LogP contribution in [0.3, 0.4) is 0 Å². The molecular formula is C8H9BBrO3. The van der Waals surface area contributed by atoms with Gasteiger partial charge in [0.05, 0.1) is 13.7 Å². The van der Waals surface area contributed by atoms with Crippen molar-refractivity contribution in [1.29, 1.82) is 0 Å². The van der Waals surface area contributed by atoms with E-state index < -0.39 is 0 Å². The van der Waals surface area contributed by atoms with Crippen molar-refractivity contribution in [2.75, 3.05) is 7.11 Å². The lowest BCUT2D eigenvalue weighted by Crippen LogP contribution is -1.89. The lowest BCUT2D eigenvalue weighted by atomic mass is 10.2. The van der Waals surface area contributed by atoms with Crippen LogP contribution in [0.1, 0.15) is 5.56 Å². The molecule has 5 heteroatoms. The Hall–Kier alpha value is -0.675. The van der Waals surface area contributed by atoms with E-state index in [1.807, 2.05) is 0 Å². The summed E-state index contributed by atoms with van der Waals surface area (Å²) in [6, 6.07) is 3.27. The summed E-state index contributed by atoms with van der Waals surface area (Å²) in [5.74, 6) is 0.344. The topological polar surface area (TPSA) is 49.7 Å². The van der Waals surface area contributed by atoms with Crippen LogP contribution in [0.25, 0.3) is 0 Å². The molecule has 3 radical (unpaired) electrons. The minimum atomic E-state index is -0.207. The summed E-state index contributed by atoms with van der Waals surface area (Å²) < 4.78 is 5.64. The number of hydrogen-bond donors (Lipinski definition) is 2. The molecule has 0 spiro atoms. The predicted octanol–water partition coefficient (Wildman–Crippen LogP) is 1.27. The summed E-state index contributed by atoms with van der Waals surface area (Å²) in [5.41, 5.74) is 0.446. The number of aliphatic hydroxyl groups excluding tert-OH is 1. The number of benzene rings is 1. The van der Waals surface area contributed by atoms with E-state index in [1.165, 1.54) is 7.11 Å².